The highest BCUT2D eigenvalue weighted by Gasteiger charge is 2.33. The Hall–Kier alpha value is -1.67. The first-order valence-corrected chi connectivity index (χ1v) is 6.21. The third kappa shape index (κ3) is 1.96. The molecule has 17 heavy (non-hydrogen) atoms. The smallest absolute Gasteiger partial charge is 0.241 e. The molecule has 0 spiro atoms. The van der Waals surface area contributed by atoms with Crippen molar-refractivity contribution in [3.63, 3.8) is 0 Å². The lowest BCUT2D eigenvalue weighted by atomic mass is 10.2. The van der Waals surface area contributed by atoms with Crippen LogP contribution in [0.3, 0.4) is 0 Å². The highest BCUT2D eigenvalue weighted by atomic mass is 32.2. The fraction of sp³-hybridized carbons (Fsp3) is 0.333. The number of rotatable bonds is 1. The van der Waals surface area contributed by atoms with E-state index in [9.17, 15) is 4.79 Å². The van der Waals surface area contributed by atoms with E-state index in [2.05, 4.69) is 6.07 Å². The van der Waals surface area contributed by atoms with Gasteiger partial charge in [-0.3, -0.25) is 9.69 Å². The molecule has 1 aliphatic heterocycles. The number of hydrogen-bond acceptors (Lipinski definition) is 4. The van der Waals surface area contributed by atoms with E-state index in [1.807, 2.05) is 19.1 Å². The molecule has 0 fully saturated rings. The number of nitrogens with zero attached hydrogens (tertiary/aromatic N) is 2. The van der Waals surface area contributed by atoms with Crippen molar-refractivity contribution >= 4 is 29.0 Å². The summed E-state index contributed by atoms with van der Waals surface area (Å²) in [5.74, 6) is -0.0397. The number of amides is 1. The van der Waals surface area contributed by atoms with Crippen molar-refractivity contribution in [3.05, 3.63) is 18.2 Å². The second-order valence-electron chi connectivity index (χ2n) is 4.00. The molecule has 0 bridgehead atoms. The first-order chi connectivity index (χ1) is 8.04. The number of nitriles is 1. The first-order valence-electron chi connectivity index (χ1n) is 5.33. The number of nitrogen functional groups attached to an aromatic ring is 1. The number of benzene rings is 1. The molecule has 0 radical (unpaired) electrons. The number of carbonyl (C=O) groups excluding carboxylic acids is 1. The average Bonchev–Trinajstić information content (AvgIpc) is 2.31. The van der Waals surface area contributed by atoms with E-state index in [0.717, 1.165) is 10.6 Å². The largest absolute Gasteiger partial charge is 0.399 e. The summed E-state index contributed by atoms with van der Waals surface area (Å²) < 4.78 is 0. The quantitative estimate of drug-likeness (QED) is 0.771. The molecule has 0 aliphatic carbocycles. The summed E-state index contributed by atoms with van der Waals surface area (Å²) in [6, 6.07) is 7.08. The van der Waals surface area contributed by atoms with E-state index in [1.165, 1.54) is 16.7 Å². The lowest BCUT2D eigenvalue weighted by molar-refractivity contribution is -0.118. The predicted octanol–water partition coefficient (Wildman–Crippen LogP) is 2.01. The van der Waals surface area contributed by atoms with Crippen LogP contribution in [0.25, 0.3) is 0 Å². The summed E-state index contributed by atoms with van der Waals surface area (Å²) in [5.41, 5.74) is 7.08. The fourth-order valence-electron chi connectivity index (χ4n) is 1.83. The minimum atomic E-state index is -0.480. The van der Waals surface area contributed by atoms with Crippen LogP contribution in [0.1, 0.15) is 13.8 Å². The fourth-order valence-corrected chi connectivity index (χ4v) is 2.85. The van der Waals surface area contributed by atoms with Crippen molar-refractivity contribution in [3.8, 4) is 6.07 Å². The Morgan fingerprint density at radius 3 is 2.94 bits per heavy atom. The van der Waals surface area contributed by atoms with Crippen LogP contribution < -0.4 is 10.6 Å². The van der Waals surface area contributed by atoms with Gasteiger partial charge in [0.1, 0.15) is 6.04 Å². The maximum Gasteiger partial charge on any atom is 0.241 e. The third-order valence-corrected chi connectivity index (χ3v) is 3.86. The van der Waals surface area contributed by atoms with Gasteiger partial charge in [0.2, 0.25) is 5.91 Å². The third-order valence-electron chi connectivity index (χ3n) is 2.71. The second kappa shape index (κ2) is 4.30. The van der Waals surface area contributed by atoms with E-state index in [0.29, 0.717) is 5.69 Å². The minimum absolute atomic E-state index is 0.0397. The summed E-state index contributed by atoms with van der Waals surface area (Å²) in [6.45, 7) is 3.57. The number of anilines is 2. The highest BCUT2D eigenvalue weighted by molar-refractivity contribution is 8.01. The Bertz CT molecular complexity index is 509. The number of carbonyl (C=O) groups is 1. The summed E-state index contributed by atoms with van der Waals surface area (Å²) in [6.07, 6.45) is 0. The van der Waals surface area contributed by atoms with Gasteiger partial charge >= 0.3 is 0 Å². The molecule has 1 amide bonds. The Morgan fingerprint density at radius 1 is 1.59 bits per heavy atom. The molecule has 1 aromatic carbocycles. The second-order valence-corrected chi connectivity index (χ2v) is 5.38. The number of thioether (sulfide) groups is 1. The molecule has 2 N–H and O–H groups in total. The molecule has 1 aromatic rings. The molecular weight excluding hydrogens is 234 g/mol. The minimum Gasteiger partial charge on any atom is -0.399 e. The van der Waals surface area contributed by atoms with Crippen molar-refractivity contribution in [2.24, 2.45) is 0 Å². The van der Waals surface area contributed by atoms with Gasteiger partial charge < -0.3 is 5.73 Å². The standard InChI is InChI=1S/C12H13N3OS/c1-7(6-13)15-10-5-9(14)3-4-11(10)17-8(2)12(15)16/h3-5,7-8H,14H2,1-2H3. The van der Waals surface area contributed by atoms with Crippen LogP contribution in [-0.4, -0.2) is 17.2 Å². The molecule has 0 saturated heterocycles. The van der Waals surface area contributed by atoms with Crippen molar-refractivity contribution < 1.29 is 4.79 Å². The van der Waals surface area contributed by atoms with Crippen LogP contribution in [0.4, 0.5) is 11.4 Å². The maximum atomic E-state index is 12.1. The van der Waals surface area contributed by atoms with Gasteiger partial charge in [-0.15, -0.1) is 11.8 Å². The maximum absolute atomic E-state index is 12.1. The topological polar surface area (TPSA) is 70.1 Å². The van der Waals surface area contributed by atoms with E-state index in [4.69, 9.17) is 11.0 Å². The van der Waals surface area contributed by atoms with E-state index >= 15 is 0 Å². The molecule has 5 heteroatoms. The summed E-state index contributed by atoms with van der Waals surface area (Å²) >= 11 is 1.50. The van der Waals surface area contributed by atoms with Gasteiger partial charge in [0.05, 0.1) is 17.0 Å². The van der Waals surface area contributed by atoms with Gasteiger partial charge in [0, 0.05) is 10.6 Å². The molecule has 1 aliphatic rings. The van der Waals surface area contributed by atoms with Gasteiger partial charge in [-0.05, 0) is 32.0 Å². The SMILES string of the molecule is CC1Sc2ccc(N)cc2N(C(C)C#N)C1=O. The van der Waals surface area contributed by atoms with Crippen molar-refractivity contribution in [1.29, 1.82) is 5.26 Å². The van der Waals surface area contributed by atoms with Crippen LogP contribution in [0, 0.1) is 11.3 Å². The molecule has 4 nitrogen and oxygen atoms in total. The van der Waals surface area contributed by atoms with E-state index in [-0.39, 0.29) is 11.2 Å². The van der Waals surface area contributed by atoms with Crippen molar-refractivity contribution in [2.75, 3.05) is 10.6 Å². The van der Waals surface area contributed by atoms with Gasteiger partial charge in [-0.2, -0.15) is 5.26 Å². The zero-order chi connectivity index (χ0) is 12.6. The highest BCUT2D eigenvalue weighted by Crippen LogP contribution is 2.40. The van der Waals surface area contributed by atoms with Gasteiger partial charge in [0.15, 0.2) is 0 Å². The molecule has 0 aromatic heterocycles. The normalized spacial score (nSPS) is 20.6. The van der Waals surface area contributed by atoms with Gasteiger partial charge in [-0.1, -0.05) is 0 Å². The monoisotopic (exact) mass is 247 g/mol. The number of hydrogen-bond donors (Lipinski definition) is 1. The van der Waals surface area contributed by atoms with Crippen LogP contribution in [0.5, 0.6) is 0 Å². The van der Waals surface area contributed by atoms with Gasteiger partial charge in [-0.25, -0.2) is 0 Å². The molecule has 2 unspecified atom stereocenters. The zero-order valence-corrected chi connectivity index (χ0v) is 10.5. The number of fused-ring (bicyclic) bond motifs is 1. The predicted molar refractivity (Wildman–Crippen MR) is 68.7 cm³/mol. The lowest BCUT2D eigenvalue weighted by Crippen LogP contribution is -2.44. The van der Waals surface area contributed by atoms with Crippen LogP contribution >= 0.6 is 11.8 Å². The zero-order valence-electron chi connectivity index (χ0n) is 9.68. The first kappa shape index (κ1) is 11.8. The molecular formula is C12H13N3OS. The lowest BCUT2D eigenvalue weighted by Gasteiger charge is -2.34. The molecule has 1 heterocycles. The Labute approximate surface area is 104 Å². The molecule has 0 saturated carbocycles. The Kier molecular flexibility index (Phi) is 2.99. The summed E-state index contributed by atoms with van der Waals surface area (Å²) in [4.78, 5) is 14.6. The van der Waals surface area contributed by atoms with E-state index < -0.39 is 6.04 Å². The average molecular weight is 247 g/mol. The number of nitrogens with two attached hydrogens (primary N) is 1. The van der Waals surface area contributed by atoms with Crippen molar-refractivity contribution in [1.82, 2.24) is 0 Å². The Morgan fingerprint density at radius 2 is 2.29 bits per heavy atom. The molecule has 2 rings (SSSR count). The summed E-state index contributed by atoms with van der Waals surface area (Å²) in [5, 5.41) is 8.84. The van der Waals surface area contributed by atoms with E-state index in [1.54, 1.807) is 13.0 Å². The molecule has 88 valence electrons. The van der Waals surface area contributed by atoms with Crippen LogP contribution in [0.2, 0.25) is 0 Å². The molecule has 2 atom stereocenters. The van der Waals surface area contributed by atoms with Crippen LogP contribution in [0.15, 0.2) is 23.1 Å². The summed E-state index contributed by atoms with van der Waals surface area (Å²) in [7, 11) is 0. The Balaban J connectivity index is 2.55. The van der Waals surface area contributed by atoms with Crippen molar-refractivity contribution in [2.45, 2.75) is 30.0 Å². The van der Waals surface area contributed by atoms with Crippen LogP contribution in [-0.2, 0) is 4.79 Å². The van der Waals surface area contributed by atoms with Gasteiger partial charge in [0.25, 0.3) is 0 Å².